The van der Waals surface area contributed by atoms with Gasteiger partial charge in [0.1, 0.15) is 5.75 Å². The number of anilines is 2. The Morgan fingerprint density at radius 3 is 2.77 bits per heavy atom. The van der Waals surface area contributed by atoms with Crippen LogP contribution in [0, 0.1) is 5.92 Å². The zero-order chi connectivity index (χ0) is 18.4. The predicted molar refractivity (Wildman–Crippen MR) is 105 cm³/mol. The molecule has 1 aliphatic rings. The maximum Gasteiger partial charge on any atom is 0.196 e. The number of nitrogens with one attached hydrogen (secondary N) is 1. The van der Waals surface area contributed by atoms with Gasteiger partial charge in [0.15, 0.2) is 5.78 Å². The van der Waals surface area contributed by atoms with Crippen molar-refractivity contribution in [3.05, 3.63) is 53.6 Å². The van der Waals surface area contributed by atoms with Crippen molar-refractivity contribution in [1.82, 2.24) is 5.32 Å². The van der Waals surface area contributed by atoms with Crippen LogP contribution in [0.1, 0.15) is 41.6 Å². The van der Waals surface area contributed by atoms with E-state index in [0.717, 1.165) is 31.8 Å². The number of ether oxygens (including phenoxy) is 1. The van der Waals surface area contributed by atoms with Crippen molar-refractivity contribution in [2.45, 2.75) is 25.7 Å². The molecule has 5 nitrogen and oxygen atoms in total. The Hall–Kier alpha value is -2.53. The van der Waals surface area contributed by atoms with E-state index >= 15 is 0 Å². The van der Waals surface area contributed by atoms with E-state index in [2.05, 4.69) is 5.32 Å². The number of benzene rings is 2. The number of rotatable bonds is 7. The molecule has 1 heterocycles. The highest BCUT2D eigenvalue weighted by Crippen LogP contribution is 2.25. The van der Waals surface area contributed by atoms with Gasteiger partial charge in [0.05, 0.1) is 23.5 Å². The van der Waals surface area contributed by atoms with Gasteiger partial charge in [0.2, 0.25) is 0 Å². The second-order valence-corrected chi connectivity index (χ2v) is 6.87. The Labute approximate surface area is 154 Å². The Morgan fingerprint density at radius 2 is 2.00 bits per heavy atom. The second-order valence-electron chi connectivity index (χ2n) is 6.87. The van der Waals surface area contributed by atoms with E-state index in [0.29, 0.717) is 34.9 Å². The number of carbonyl (C=O) groups is 1. The highest BCUT2D eigenvalue weighted by Gasteiger charge is 2.16. The van der Waals surface area contributed by atoms with Gasteiger partial charge in [0.25, 0.3) is 0 Å². The van der Waals surface area contributed by atoms with Gasteiger partial charge in [-0.05, 0) is 75.0 Å². The van der Waals surface area contributed by atoms with Crippen molar-refractivity contribution in [1.29, 1.82) is 0 Å². The molecular formula is C21H27N3O2. The molecule has 0 saturated carbocycles. The number of hydrogen-bond donors (Lipinski definition) is 3. The summed E-state index contributed by atoms with van der Waals surface area (Å²) in [5, 5.41) is 3.44. The van der Waals surface area contributed by atoms with Crippen LogP contribution in [-0.2, 0) is 0 Å². The Kier molecular flexibility index (Phi) is 6.12. The monoisotopic (exact) mass is 353 g/mol. The Bertz CT molecular complexity index is 755. The third-order valence-corrected chi connectivity index (χ3v) is 4.89. The van der Waals surface area contributed by atoms with Crippen LogP contribution < -0.4 is 21.5 Å². The molecule has 0 aliphatic carbocycles. The first-order chi connectivity index (χ1) is 12.6. The highest BCUT2D eigenvalue weighted by molar-refractivity contribution is 6.11. The number of hydrogen-bond acceptors (Lipinski definition) is 5. The lowest BCUT2D eigenvalue weighted by molar-refractivity contribution is 0.103. The molecule has 26 heavy (non-hydrogen) atoms. The van der Waals surface area contributed by atoms with Gasteiger partial charge in [-0.15, -0.1) is 0 Å². The summed E-state index contributed by atoms with van der Waals surface area (Å²) in [4.78, 5) is 12.8. The van der Waals surface area contributed by atoms with E-state index in [1.165, 1.54) is 12.8 Å². The fraction of sp³-hybridized carbons (Fsp3) is 0.381. The van der Waals surface area contributed by atoms with Gasteiger partial charge < -0.3 is 21.5 Å². The first kappa shape index (κ1) is 18.3. The average molecular weight is 353 g/mol. The van der Waals surface area contributed by atoms with E-state index in [1.54, 1.807) is 24.3 Å². The summed E-state index contributed by atoms with van der Waals surface area (Å²) in [5.41, 5.74) is 13.5. The van der Waals surface area contributed by atoms with Gasteiger partial charge >= 0.3 is 0 Å². The first-order valence-electron chi connectivity index (χ1n) is 9.27. The molecule has 138 valence electrons. The van der Waals surface area contributed by atoms with Crippen LogP contribution in [0.15, 0.2) is 42.5 Å². The van der Waals surface area contributed by atoms with Gasteiger partial charge in [-0.2, -0.15) is 0 Å². The number of para-hydroxylation sites is 1. The molecule has 0 aromatic heterocycles. The molecule has 1 aliphatic heterocycles. The van der Waals surface area contributed by atoms with Crippen molar-refractivity contribution >= 4 is 17.2 Å². The summed E-state index contributed by atoms with van der Waals surface area (Å²) in [6.07, 6.45) is 4.69. The van der Waals surface area contributed by atoms with E-state index < -0.39 is 0 Å². The maximum absolute atomic E-state index is 12.8. The Morgan fingerprint density at radius 1 is 1.15 bits per heavy atom. The molecule has 2 aromatic carbocycles. The molecule has 1 atom stereocenters. The lowest BCUT2D eigenvalue weighted by atomic mass is 9.95. The van der Waals surface area contributed by atoms with Crippen LogP contribution in [0.2, 0.25) is 0 Å². The molecule has 2 aromatic rings. The third-order valence-electron chi connectivity index (χ3n) is 4.89. The third kappa shape index (κ3) is 4.55. The lowest BCUT2D eigenvalue weighted by Crippen LogP contribution is -2.29. The zero-order valence-corrected chi connectivity index (χ0v) is 15.0. The molecule has 0 bridgehead atoms. The summed E-state index contributed by atoms with van der Waals surface area (Å²) in [7, 11) is 0. The molecular weight excluding hydrogens is 326 g/mol. The number of nitrogens with two attached hydrogens (primary N) is 2. The molecule has 3 rings (SSSR count). The molecule has 0 spiro atoms. The summed E-state index contributed by atoms with van der Waals surface area (Å²) >= 11 is 0. The van der Waals surface area contributed by atoms with Gasteiger partial charge in [0, 0.05) is 5.56 Å². The van der Waals surface area contributed by atoms with Crippen molar-refractivity contribution in [3.8, 4) is 5.75 Å². The van der Waals surface area contributed by atoms with Crippen LogP contribution >= 0.6 is 0 Å². The maximum atomic E-state index is 12.8. The minimum absolute atomic E-state index is 0.108. The number of carbonyl (C=O) groups excluding carboxylic acids is 1. The molecule has 0 amide bonds. The molecule has 1 fully saturated rings. The minimum Gasteiger partial charge on any atom is -0.493 e. The summed E-state index contributed by atoms with van der Waals surface area (Å²) in [5.74, 6) is 1.25. The van der Waals surface area contributed by atoms with Crippen molar-refractivity contribution in [3.63, 3.8) is 0 Å². The summed E-state index contributed by atoms with van der Waals surface area (Å²) < 4.78 is 5.93. The smallest absolute Gasteiger partial charge is 0.196 e. The van der Waals surface area contributed by atoms with Crippen LogP contribution in [-0.4, -0.2) is 25.5 Å². The van der Waals surface area contributed by atoms with Gasteiger partial charge in [-0.1, -0.05) is 12.1 Å². The minimum atomic E-state index is -0.108. The van der Waals surface area contributed by atoms with Crippen molar-refractivity contribution in [2.24, 2.45) is 5.92 Å². The fourth-order valence-corrected chi connectivity index (χ4v) is 3.38. The quantitative estimate of drug-likeness (QED) is 0.404. The number of ketones is 1. The normalized spacial score (nSPS) is 17.0. The second kappa shape index (κ2) is 8.72. The van der Waals surface area contributed by atoms with E-state index in [9.17, 15) is 4.79 Å². The van der Waals surface area contributed by atoms with Crippen LogP contribution in [0.5, 0.6) is 5.75 Å². The first-order valence-corrected chi connectivity index (χ1v) is 9.27. The largest absolute Gasteiger partial charge is 0.493 e. The van der Waals surface area contributed by atoms with E-state index in [1.807, 2.05) is 18.2 Å². The van der Waals surface area contributed by atoms with Crippen molar-refractivity contribution < 1.29 is 9.53 Å². The summed E-state index contributed by atoms with van der Waals surface area (Å²) in [6, 6.07) is 12.3. The van der Waals surface area contributed by atoms with Crippen LogP contribution in [0.25, 0.3) is 0 Å². The summed E-state index contributed by atoms with van der Waals surface area (Å²) in [6.45, 7) is 2.86. The molecule has 5 heteroatoms. The van der Waals surface area contributed by atoms with Crippen LogP contribution in [0.3, 0.4) is 0 Å². The van der Waals surface area contributed by atoms with E-state index in [-0.39, 0.29) is 5.78 Å². The lowest BCUT2D eigenvalue weighted by Gasteiger charge is -2.22. The number of piperidine rings is 1. The number of nitrogen functional groups attached to an aromatic ring is 2. The molecule has 1 unspecified atom stereocenters. The molecule has 0 radical (unpaired) electrons. The topological polar surface area (TPSA) is 90.4 Å². The SMILES string of the molecule is Nc1ccc(C(=O)c2ccccc2OCCCC2CCCNC2)cc1N. The standard InChI is InChI=1S/C21H27N3O2/c22-18-10-9-16(13-19(18)23)21(25)17-7-1-2-8-20(17)26-12-4-6-15-5-3-11-24-14-15/h1-2,7-10,13,15,24H,3-6,11-12,14,22-23H2. The molecule has 5 N–H and O–H groups in total. The Balaban J connectivity index is 1.61. The highest BCUT2D eigenvalue weighted by atomic mass is 16.5. The van der Waals surface area contributed by atoms with Gasteiger partial charge in [-0.3, -0.25) is 4.79 Å². The van der Waals surface area contributed by atoms with Crippen LogP contribution in [0.4, 0.5) is 11.4 Å². The fourth-order valence-electron chi connectivity index (χ4n) is 3.38. The average Bonchev–Trinajstić information content (AvgIpc) is 2.68. The molecule has 1 saturated heterocycles. The zero-order valence-electron chi connectivity index (χ0n) is 15.0. The van der Waals surface area contributed by atoms with E-state index in [4.69, 9.17) is 16.2 Å². The van der Waals surface area contributed by atoms with Gasteiger partial charge in [-0.25, -0.2) is 0 Å². The predicted octanol–water partition coefficient (Wildman–Crippen LogP) is 3.24. The van der Waals surface area contributed by atoms with Crippen molar-refractivity contribution in [2.75, 3.05) is 31.2 Å².